The topological polar surface area (TPSA) is 78.9 Å². The second kappa shape index (κ2) is 10.5. The number of pyridine rings is 1. The van der Waals surface area contributed by atoms with Crippen molar-refractivity contribution in [2.75, 3.05) is 72.7 Å². The van der Waals surface area contributed by atoms with Gasteiger partial charge in [0.2, 0.25) is 5.91 Å². The van der Waals surface area contributed by atoms with Gasteiger partial charge in [0.05, 0.1) is 20.3 Å². The Morgan fingerprint density at radius 3 is 2.57 bits per heavy atom. The zero-order valence-electron chi connectivity index (χ0n) is 21.4. The average molecular weight is 503 g/mol. The fourth-order valence-corrected chi connectivity index (χ4v) is 5.43. The number of morpholine rings is 1. The summed E-state index contributed by atoms with van der Waals surface area (Å²) in [5.74, 6) is 0.950. The van der Waals surface area contributed by atoms with E-state index in [1.807, 2.05) is 35.2 Å². The van der Waals surface area contributed by atoms with Gasteiger partial charge in [-0.2, -0.15) is 0 Å². The summed E-state index contributed by atoms with van der Waals surface area (Å²) in [6.45, 7) is 9.54. The number of methoxy groups -OCH3 is 1. The van der Waals surface area contributed by atoms with Gasteiger partial charge in [-0.1, -0.05) is 0 Å². The Bertz CT molecular complexity index is 1350. The molecule has 2 aliphatic rings. The van der Waals surface area contributed by atoms with Crippen molar-refractivity contribution >= 4 is 27.8 Å². The summed E-state index contributed by atoms with van der Waals surface area (Å²) >= 11 is 0. The third kappa shape index (κ3) is 5.07. The number of hydrogen-bond acceptors (Lipinski definition) is 6. The number of aromatic nitrogens is 3. The maximum absolute atomic E-state index is 13.4. The van der Waals surface area contributed by atoms with Crippen molar-refractivity contribution in [2.45, 2.75) is 6.54 Å². The maximum Gasteiger partial charge on any atom is 0.242 e. The molecule has 2 fully saturated rings. The molecule has 0 radical (unpaired) electrons. The van der Waals surface area contributed by atoms with Gasteiger partial charge in [0.25, 0.3) is 0 Å². The number of rotatable bonds is 7. The van der Waals surface area contributed by atoms with Crippen LogP contribution in [0.15, 0.2) is 48.8 Å². The van der Waals surface area contributed by atoms with Gasteiger partial charge in [0.1, 0.15) is 17.9 Å². The minimum absolute atomic E-state index is 0.158. The van der Waals surface area contributed by atoms with Crippen molar-refractivity contribution in [3.8, 4) is 17.0 Å². The normalized spacial score (nSPS) is 17.6. The number of nitrogens with zero attached hydrogens (tertiary/aromatic N) is 5. The first-order valence-electron chi connectivity index (χ1n) is 13.1. The van der Waals surface area contributed by atoms with E-state index in [-0.39, 0.29) is 5.91 Å². The third-order valence-corrected chi connectivity index (χ3v) is 7.64. The summed E-state index contributed by atoms with van der Waals surface area (Å²) in [7, 11) is 1.68. The van der Waals surface area contributed by atoms with Crippen molar-refractivity contribution in [3.63, 3.8) is 0 Å². The summed E-state index contributed by atoms with van der Waals surface area (Å²) in [5.41, 5.74) is 3.88. The van der Waals surface area contributed by atoms with E-state index < -0.39 is 0 Å². The fourth-order valence-electron chi connectivity index (χ4n) is 5.43. The molecule has 3 aromatic heterocycles. The first-order chi connectivity index (χ1) is 18.2. The van der Waals surface area contributed by atoms with Crippen LogP contribution in [-0.2, 0) is 16.1 Å². The molecule has 0 saturated carbocycles. The summed E-state index contributed by atoms with van der Waals surface area (Å²) in [6.07, 6.45) is 3.86. The maximum atomic E-state index is 13.4. The SMILES string of the molecule is COc1ccc2c(c1)c(-c1cc3cccnc3[nH]1)cn2CC(=O)N1CCN(CCN2CCOCC2)CC1. The lowest BCUT2D eigenvalue weighted by molar-refractivity contribution is -0.133. The Kier molecular flexibility index (Phi) is 6.82. The molecule has 0 unspecified atom stereocenters. The molecule has 194 valence electrons. The molecular formula is C28H34N6O3. The number of ether oxygens (including phenoxy) is 2. The molecule has 2 aliphatic heterocycles. The van der Waals surface area contributed by atoms with E-state index >= 15 is 0 Å². The monoisotopic (exact) mass is 502 g/mol. The Morgan fingerprint density at radius 1 is 1.03 bits per heavy atom. The molecule has 2 saturated heterocycles. The van der Waals surface area contributed by atoms with E-state index in [2.05, 4.69) is 36.6 Å². The number of carbonyl (C=O) groups excluding carboxylic acids is 1. The highest BCUT2D eigenvalue weighted by atomic mass is 16.5. The van der Waals surface area contributed by atoms with Crippen molar-refractivity contribution in [3.05, 3.63) is 48.8 Å². The van der Waals surface area contributed by atoms with E-state index in [1.165, 1.54) is 0 Å². The summed E-state index contributed by atoms with van der Waals surface area (Å²) in [4.78, 5) is 28.2. The number of benzene rings is 1. The summed E-state index contributed by atoms with van der Waals surface area (Å²) < 4.78 is 13.0. The first-order valence-corrected chi connectivity index (χ1v) is 13.1. The largest absolute Gasteiger partial charge is 0.497 e. The lowest BCUT2D eigenvalue weighted by Crippen LogP contribution is -2.51. The Morgan fingerprint density at radius 2 is 1.81 bits per heavy atom. The number of nitrogens with one attached hydrogen (secondary N) is 1. The van der Waals surface area contributed by atoms with Gasteiger partial charge in [-0.3, -0.25) is 14.6 Å². The number of H-pyrrole nitrogens is 1. The predicted molar refractivity (Wildman–Crippen MR) is 144 cm³/mol. The van der Waals surface area contributed by atoms with Crippen molar-refractivity contribution in [2.24, 2.45) is 0 Å². The second-order valence-electron chi connectivity index (χ2n) is 9.85. The van der Waals surface area contributed by atoms with Gasteiger partial charge < -0.3 is 23.9 Å². The Hall–Kier alpha value is -3.40. The van der Waals surface area contributed by atoms with Crippen molar-refractivity contribution < 1.29 is 14.3 Å². The van der Waals surface area contributed by atoms with Crippen LogP contribution in [0.3, 0.4) is 0 Å². The molecule has 4 aromatic rings. The molecule has 6 rings (SSSR count). The molecule has 9 heteroatoms. The molecule has 0 aliphatic carbocycles. The van der Waals surface area contributed by atoms with Crippen molar-refractivity contribution in [1.82, 2.24) is 29.2 Å². The Labute approximate surface area is 216 Å². The quantitative estimate of drug-likeness (QED) is 0.419. The second-order valence-corrected chi connectivity index (χ2v) is 9.85. The molecule has 1 aromatic carbocycles. The highest BCUT2D eigenvalue weighted by Crippen LogP contribution is 2.34. The minimum atomic E-state index is 0.158. The van der Waals surface area contributed by atoms with E-state index in [9.17, 15) is 4.79 Å². The summed E-state index contributed by atoms with van der Waals surface area (Å²) in [6, 6.07) is 12.1. The molecule has 0 bridgehead atoms. The molecule has 5 heterocycles. The Balaban J connectivity index is 1.16. The number of aromatic amines is 1. The number of carbonyl (C=O) groups is 1. The zero-order valence-corrected chi connectivity index (χ0v) is 21.4. The fraction of sp³-hybridized carbons (Fsp3) is 0.429. The van der Waals surface area contributed by atoms with Gasteiger partial charge in [-0.15, -0.1) is 0 Å². The highest BCUT2D eigenvalue weighted by Gasteiger charge is 2.23. The predicted octanol–water partition coefficient (Wildman–Crippen LogP) is 2.67. The summed E-state index contributed by atoms with van der Waals surface area (Å²) in [5, 5.41) is 2.11. The molecule has 0 spiro atoms. The molecule has 37 heavy (non-hydrogen) atoms. The van der Waals surface area contributed by atoms with Crippen LogP contribution >= 0.6 is 0 Å². The van der Waals surface area contributed by atoms with Crippen LogP contribution in [0.1, 0.15) is 0 Å². The zero-order chi connectivity index (χ0) is 25.2. The van der Waals surface area contributed by atoms with Crippen LogP contribution in [0, 0.1) is 0 Å². The van der Waals surface area contributed by atoms with Crippen LogP contribution in [0.5, 0.6) is 5.75 Å². The minimum Gasteiger partial charge on any atom is -0.497 e. The van der Waals surface area contributed by atoms with Gasteiger partial charge in [0, 0.05) is 92.3 Å². The average Bonchev–Trinajstić information content (AvgIpc) is 3.54. The number of hydrogen-bond donors (Lipinski definition) is 1. The van der Waals surface area contributed by atoms with Gasteiger partial charge in [-0.05, 0) is 36.4 Å². The van der Waals surface area contributed by atoms with E-state index in [0.717, 1.165) is 105 Å². The molecule has 9 nitrogen and oxygen atoms in total. The molecule has 1 amide bonds. The van der Waals surface area contributed by atoms with Crippen LogP contribution in [0.4, 0.5) is 0 Å². The van der Waals surface area contributed by atoms with Gasteiger partial charge in [-0.25, -0.2) is 4.98 Å². The third-order valence-electron chi connectivity index (χ3n) is 7.64. The van der Waals surface area contributed by atoms with Gasteiger partial charge >= 0.3 is 0 Å². The lowest BCUT2D eigenvalue weighted by atomic mass is 10.1. The lowest BCUT2D eigenvalue weighted by Gasteiger charge is -2.36. The van der Waals surface area contributed by atoms with Crippen LogP contribution in [0.2, 0.25) is 0 Å². The number of piperazine rings is 1. The standard InChI is InChI=1S/C28H34N6O3/c1-36-22-4-5-26-23(18-22)24(25-17-21-3-2-6-29-28(21)30-25)19-34(26)20-27(35)33-11-9-31(10-12-33)7-8-32-13-15-37-16-14-32/h2-6,17-19H,7-16,20H2,1H3,(H,29,30). The number of amides is 1. The van der Waals surface area contributed by atoms with E-state index in [4.69, 9.17) is 9.47 Å². The molecule has 1 N–H and O–H groups in total. The van der Waals surface area contributed by atoms with Crippen LogP contribution in [-0.4, -0.2) is 108 Å². The first kappa shape index (κ1) is 24.0. The van der Waals surface area contributed by atoms with Crippen LogP contribution < -0.4 is 4.74 Å². The smallest absolute Gasteiger partial charge is 0.242 e. The van der Waals surface area contributed by atoms with Crippen molar-refractivity contribution in [1.29, 1.82) is 0 Å². The van der Waals surface area contributed by atoms with Gasteiger partial charge in [0.15, 0.2) is 0 Å². The number of fused-ring (bicyclic) bond motifs is 2. The highest BCUT2D eigenvalue weighted by molar-refractivity contribution is 5.99. The molecule has 0 atom stereocenters. The van der Waals surface area contributed by atoms with Crippen LogP contribution in [0.25, 0.3) is 33.2 Å². The van der Waals surface area contributed by atoms with E-state index in [0.29, 0.717) is 6.54 Å². The molecular weight excluding hydrogens is 468 g/mol. The van der Waals surface area contributed by atoms with E-state index in [1.54, 1.807) is 13.3 Å².